The van der Waals surface area contributed by atoms with Crippen molar-refractivity contribution in [3.8, 4) is 22.8 Å². The van der Waals surface area contributed by atoms with Crippen LogP contribution in [0.2, 0.25) is 5.02 Å². The van der Waals surface area contributed by atoms with Gasteiger partial charge in [-0.2, -0.15) is 5.10 Å². The summed E-state index contributed by atoms with van der Waals surface area (Å²) in [5, 5.41) is 8.27. The number of hydrogen-bond donors (Lipinski definition) is 1. The average molecular weight is 516 g/mol. The molecule has 0 saturated carbocycles. The maximum absolute atomic E-state index is 13.7. The zero-order chi connectivity index (χ0) is 25.9. The normalized spacial score (nSPS) is 14.6. The molecule has 1 aliphatic rings. The zero-order valence-corrected chi connectivity index (χ0v) is 22.0. The predicted octanol–water partition coefficient (Wildman–Crippen LogP) is 6.97. The third kappa shape index (κ3) is 4.94. The van der Waals surface area contributed by atoms with E-state index in [-0.39, 0.29) is 11.9 Å². The summed E-state index contributed by atoms with van der Waals surface area (Å²) in [6.45, 7) is 5.23. The highest BCUT2D eigenvalue weighted by Crippen LogP contribution is 2.45. The lowest BCUT2D eigenvalue weighted by Gasteiger charge is -2.27. The molecule has 5 rings (SSSR count). The van der Waals surface area contributed by atoms with Crippen LogP contribution in [0.3, 0.4) is 0 Å². The molecule has 1 unspecified atom stereocenters. The third-order valence-electron chi connectivity index (χ3n) is 6.71. The van der Waals surface area contributed by atoms with Crippen LogP contribution in [0.5, 0.6) is 11.5 Å². The van der Waals surface area contributed by atoms with Gasteiger partial charge < -0.3 is 14.4 Å². The van der Waals surface area contributed by atoms with Crippen molar-refractivity contribution in [1.82, 2.24) is 15.1 Å². The van der Waals surface area contributed by atoms with Gasteiger partial charge in [-0.15, -0.1) is 0 Å². The first-order valence-electron chi connectivity index (χ1n) is 12.5. The molecule has 0 aliphatic carbocycles. The summed E-state index contributed by atoms with van der Waals surface area (Å²) in [6, 6.07) is 21.3. The Kier molecular flexibility index (Phi) is 7.19. The van der Waals surface area contributed by atoms with Gasteiger partial charge in [-0.3, -0.25) is 9.89 Å². The molecule has 1 N–H and O–H groups in total. The molecule has 0 spiro atoms. The highest BCUT2D eigenvalue weighted by atomic mass is 35.5. The summed E-state index contributed by atoms with van der Waals surface area (Å²) in [5.74, 6) is 1.24. The minimum atomic E-state index is -0.355. The van der Waals surface area contributed by atoms with E-state index in [1.165, 1.54) is 0 Å². The monoisotopic (exact) mass is 515 g/mol. The summed E-state index contributed by atoms with van der Waals surface area (Å²) in [4.78, 5) is 15.6. The lowest BCUT2D eigenvalue weighted by atomic mass is 9.95. The summed E-state index contributed by atoms with van der Waals surface area (Å²) >= 11 is 6.11. The fraction of sp³-hybridized carbons (Fsp3) is 0.267. The van der Waals surface area contributed by atoms with Gasteiger partial charge in [0, 0.05) is 22.7 Å². The molecule has 1 amide bonds. The molecule has 1 aliphatic heterocycles. The fourth-order valence-corrected chi connectivity index (χ4v) is 4.85. The first-order valence-corrected chi connectivity index (χ1v) is 12.9. The largest absolute Gasteiger partial charge is 0.493 e. The number of methoxy groups -OCH3 is 1. The van der Waals surface area contributed by atoms with Crippen LogP contribution < -0.4 is 9.47 Å². The van der Waals surface area contributed by atoms with Crippen molar-refractivity contribution in [2.24, 2.45) is 0 Å². The second kappa shape index (κ2) is 10.7. The maximum Gasteiger partial charge on any atom is 0.273 e. The smallest absolute Gasteiger partial charge is 0.273 e. The molecule has 2 heterocycles. The standard InChI is InChI=1S/C30H30ClN3O3/c1-4-5-16-37-24-15-12-22(17-25(24)36-3)29-26-27(21-10-6-19(2)7-11-21)32-33-28(26)30(35)34(29)18-20-8-13-23(31)14-9-20/h6-15,17,29H,4-5,16,18H2,1-3H3,(H,32,33). The average Bonchev–Trinajstić information content (AvgIpc) is 3.45. The van der Waals surface area contributed by atoms with Crippen LogP contribution in [-0.4, -0.2) is 34.7 Å². The number of halogens is 1. The van der Waals surface area contributed by atoms with Crippen molar-refractivity contribution in [3.05, 3.63) is 99.7 Å². The molecule has 1 aromatic heterocycles. The lowest BCUT2D eigenvalue weighted by Crippen LogP contribution is -2.29. The van der Waals surface area contributed by atoms with Gasteiger partial charge in [0.2, 0.25) is 0 Å². The molecule has 0 bridgehead atoms. The first kappa shape index (κ1) is 24.9. The summed E-state index contributed by atoms with van der Waals surface area (Å²) in [5.41, 5.74) is 6.19. The van der Waals surface area contributed by atoms with Crippen LogP contribution in [0.25, 0.3) is 11.3 Å². The van der Waals surface area contributed by atoms with Crippen LogP contribution >= 0.6 is 11.6 Å². The maximum atomic E-state index is 13.7. The second-order valence-corrected chi connectivity index (χ2v) is 9.74. The molecule has 37 heavy (non-hydrogen) atoms. The molecule has 0 saturated heterocycles. The van der Waals surface area contributed by atoms with Crippen LogP contribution in [0.4, 0.5) is 0 Å². The Labute approximate surface area is 222 Å². The van der Waals surface area contributed by atoms with E-state index in [9.17, 15) is 4.79 Å². The number of carbonyl (C=O) groups excluding carboxylic acids is 1. The van der Waals surface area contributed by atoms with Crippen LogP contribution in [-0.2, 0) is 6.54 Å². The molecule has 1 atom stereocenters. The van der Waals surface area contributed by atoms with Gasteiger partial charge in [0.05, 0.1) is 25.5 Å². The minimum Gasteiger partial charge on any atom is -0.493 e. The van der Waals surface area contributed by atoms with E-state index < -0.39 is 0 Å². The number of benzene rings is 3. The van der Waals surface area contributed by atoms with E-state index in [1.54, 1.807) is 7.11 Å². The van der Waals surface area contributed by atoms with E-state index >= 15 is 0 Å². The molecule has 190 valence electrons. The number of rotatable bonds is 9. The van der Waals surface area contributed by atoms with Crippen molar-refractivity contribution >= 4 is 17.5 Å². The Hall–Kier alpha value is -3.77. The molecule has 7 heteroatoms. The number of hydrogen-bond acceptors (Lipinski definition) is 4. The summed E-state index contributed by atoms with van der Waals surface area (Å²) in [7, 11) is 1.64. The van der Waals surface area contributed by atoms with Gasteiger partial charge in [-0.25, -0.2) is 0 Å². The Morgan fingerprint density at radius 3 is 2.49 bits per heavy atom. The summed E-state index contributed by atoms with van der Waals surface area (Å²) in [6.07, 6.45) is 2.02. The van der Waals surface area contributed by atoms with Gasteiger partial charge >= 0.3 is 0 Å². The van der Waals surface area contributed by atoms with Crippen LogP contribution in [0, 0.1) is 6.92 Å². The van der Waals surface area contributed by atoms with Crippen LogP contribution in [0.1, 0.15) is 58.5 Å². The fourth-order valence-electron chi connectivity index (χ4n) is 4.72. The molecule has 6 nitrogen and oxygen atoms in total. The zero-order valence-electron chi connectivity index (χ0n) is 21.3. The Bertz CT molecular complexity index is 1400. The number of unbranched alkanes of at least 4 members (excludes halogenated alkanes) is 1. The molecular formula is C30H30ClN3O3. The number of aryl methyl sites for hydroxylation is 1. The molecule has 0 fully saturated rings. The molecule has 0 radical (unpaired) electrons. The van der Waals surface area contributed by atoms with E-state index in [2.05, 4.69) is 36.2 Å². The van der Waals surface area contributed by atoms with Crippen molar-refractivity contribution in [1.29, 1.82) is 0 Å². The number of carbonyl (C=O) groups is 1. The van der Waals surface area contributed by atoms with Gasteiger partial charge in [0.25, 0.3) is 5.91 Å². The quantitative estimate of drug-likeness (QED) is 0.244. The van der Waals surface area contributed by atoms with E-state index in [0.29, 0.717) is 35.4 Å². The van der Waals surface area contributed by atoms with E-state index in [1.807, 2.05) is 59.5 Å². The number of fused-ring (bicyclic) bond motifs is 1. The van der Waals surface area contributed by atoms with Crippen LogP contribution in [0.15, 0.2) is 66.7 Å². The first-order chi connectivity index (χ1) is 18.0. The van der Waals surface area contributed by atoms with Crippen molar-refractivity contribution < 1.29 is 14.3 Å². The molecule has 3 aromatic carbocycles. The molecular weight excluding hydrogens is 486 g/mol. The Balaban J connectivity index is 1.60. The number of amides is 1. The van der Waals surface area contributed by atoms with E-state index in [4.69, 9.17) is 21.1 Å². The number of aromatic nitrogens is 2. The number of nitrogens with one attached hydrogen (secondary N) is 1. The topological polar surface area (TPSA) is 67.5 Å². The Morgan fingerprint density at radius 1 is 1.03 bits per heavy atom. The number of H-pyrrole nitrogens is 1. The highest BCUT2D eigenvalue weighted by molar-refractivity contribution is 6.30. The van der Waals surface area contributed by atoms with E-state index in [0.717, 1.165) is 46.4 Å². The van der Waals surface area contributed by atoms with Gasteiger partial charge in [0.15, 0.2) is 11.5 Å². The van der Waals surface area contributed by atoms with Gasteiger partial charge in [-0.05, 0) is 48.7 Å². The number of nitrogens with zero attached hydrogens (tertiary/aromatic N) is 2. The van der Waals surface area contributed by atoms with Gasteiger partial charge in [0.1, 0.15) is 5.69 Å². The minimum absolute atomic E-state index is 0.0944. The van der Waals surface area contributed by atoms with Crippen molar-refractivity contribution in [2.75, 3.05) is 13.7 Å². The summed E-state index contributed by atoms with van der Waals surface area (Å²) < 4.78 is 11.7. The number of ether oxygens (including phenoxy) is 2. The second-order valence-electron chi connectivity index (χ2n) is 9.30. The van der Waals surface area contributed by atoms with Gasteiger partial charge in [-0.1, -0.05) is 73.0 Å². The SMILES string of the molecule is CCCCOc1ccc(C2c3c(-c4ccc(C)cc4)n[nH]c3C(=O)N2Cc2ccc(Cl)cc2)cc1OC. The van der Waals surface area contributed by atoms with Crippen molar-refractivity contribution in [2.45, 2.75) is 39.3 Å². The highest BCUT2D eigenvalue weighted by Gasteiger charge is 2.42. The number of aromatic amines is 1. The Morgan fingerprint density at radius 2 is 1.78 bits per heavy atom. The molecule has 4 aromatic rings. The lowest BCUT2D eigenvalue weighted by molar-refractivity contribution is 0.0730. The predicted molar refractivity (Wildman–Crippen MR) is 145 cm³/mol. The van der Waals surface area contributed by atoms with Crippen molar-refractivity contribution in [3.63, 3.8) is 0 Å². The third-order valence-corrected chi connectivity index (χ3v) is 6.97.